The van der Waals surface area contributed by atoms with E-state index >= 15 is 0 Å². The van der Waals surface area contributed by atoms with Crippen molar-refractivity contribution in [3.8, 4) is 0 Å². The summed E-state index contributed by atoms with van der Waals surface area (Å²) in [6, 6.07) is 0. The topological polar surface area (TPSA) is 70.7 Å². The first kappa shape index (κ1) is 12.6. The third-order valence-electron chi connectivity index (χ3n) is 3.36. The number of hydrogen-bond donors (Lipinski definition) is 2. The van der Waals surface area contributed by atoms with Crippen LogP contribution in [0.15, 0.2) is 12.4 Å². The Morgan fingerprint density at radius 3 is 2.89 bits per heavy atom. The molecule has 2 aromatic heterocycles. The number of nitrogens with zero attached hydrogens (tertiary/aromatic N) is 3. The summed E-state index contributed by atoms with van der Waals surface area (Å²) in [5.41, 5.74) is 0.716. The van der Waals surface area contributed by atoms with Crippen LogP contribution in [0.25, 0.3) is 5.52 Å². The molecule has 3 rings (SSSR count). The molecule has 1 atom stereocenters. The van der Waals surface area contributed by atoms with Crippen LogP contribution < -0.4 is 0 Å². The van der Waals surface area contributed by atoms with Gasteiger partial charge in [0.1, 0.15) is 21.1 Å². The number of aliphatic hydroxyl groups is 2. The van der Waals surface area contributed by atoms with Gasteiger partial charge in [-0.2, -0.15) is 0 Å². The smallest absolute Gasteiger partial charge is 0.155 e. The van der Waals surface area contributed by atoms with Crippen LogP contribution in [0, 0.1) is 9.62 Å². The number of aromatic nitrogens is 3. The first-order valence-electron chi connectivity index (χ1n) is 5.62. The Balaban J connectivity index is 2.04. The molecule has 1 aliphatic rings. The van der Waals surface area contributed by atoms with Crippen LogP contribution in [0.2, 0.25) is 5.15 Å². The van der Waals surface area contributed by atoms with Gasteiger partial charge in [0.05, 0.1) is 6.10 Å². The van der Waals surface area contributed by atoms with Crippen molar-refractivity contribution >= 4 is 39.7 Å². The van der Waals surface area contributed by atoms with Crippen molar-refractivity contribution in [1.82, 2.24) is 14.4 Å². The van der Waals surface area contributed by atoms with E-state index in [0.29, 0.717) is 29.3 Å². The van der Waals surface area contributed by atoms with Gasteiger partial charge in [-0.1, -0.05) is 11.6 Å². The zero-order valence-corrected chi connectivity index (χ0v) is 12.2. The number of fused-ring (bicyclic) bond motifs is 1. The molecular weight excluding hydrogens is 368 g/mol. The normalized spacial score (nSPS) is 25.1. The minimum absolute atomic E-state index is 0.0633. The van der Waals surface area contributed by atoms with Gasteiger partial charge in [-0.05, 0) is 41.4 Å². The average Bonchev–Trinajstić information content (AvgIpc) is 2.63. The van der Waals surface area contributed by atoms with Gasteiger partial charge in [-0.25, -0.2) is 9.97 Å². The van der Waals surface area contributed by atoms with E-state index in [4.69, 9.17) is 11.6 Å². The minimum atomic E-state index is -0.678. The summed E-state index contributed by atoms with van der Waals surface area (Å²) in [6.07, 6.45) is 3.59. The van der Waals surface area contributed by atoms with Crippen LogP contribution in [-0.4, -0.2) is 30.7 Å². The van der Waals surface area contributed by atoms with Gasteiger partial charge < -0.3 is 10.2 Å². The molecule has 0 radical (unpaired) electrons. The second-order valence-corrected chi connectivity index (χ2v) is 5.91. The Labute approximate surface area is 122 Å². The van der Waals surface area contributed by atoms with Crippen molar-refractivity contribution in [2.24, 2.45) is 5.92 Å². The fourth-order valence-electron chi connectivity index (χ4n) is 2.29. The lowest BCUT2D eigenvalue weighted by molar-refractivity contribution is -0.0323. The van der Waals surface area contributed by atoms with E-state index in [0.717, 1.165) is 3.70 Å². The fraction of sp³-hybridized carbons (Fsp3) is 0.455. The van der Waals surface area contributed by atoms with Crippen molar-refractivity contribution in [2.75, 3.05) is 0 Å². The van der Waals surface area contributed by atoms with Crippen LogP contribution in [-0.2, 0) is 0 Å². The summed E-state index contributed by atoms with van der Waals surface area (Å²) in [5.74, 6) is 0.629. The second kappa shape index (κ2) is 4.59. The second-order valence-electron chi connectivity index (χ2n) is 4.53. The summed E-state index contributed by atoms with van der Waals surface area (Å²) < 4.78 is 2.49. The van der Waals surface area contributed by atoms with E-state index in [1.165, 1.54) is 0 Å². The van der Waals surface area contributed by atoms with Crippen LogP contribution >= 0.6 is 34.2 Å². The molecule has 0 bridgehead atoms. The highest BCUT2D eigenvalue weighted by Crippen LogP contribution is 2.38. The monoisotopic (exact) mass is 379 g/mol. The molecule has 1 fully saturated rings. The highest BCUT2D eigenvalue weighted by atomic mass is 127. The SMILES string of the molecule is OC1CC(C(O)c2nc(I)c3c(Cl)nccn23)C1. The zero-order valence-electron chi connectivity index (χ0n) is 9.29. The van der Waals surface area contributed by atoms with Gasteiger partial charge in [0.15, 0.2) is 5.15 Å². The maximum absolute atomic E-state index is 10.3. The number of hydrogen-bond acceptors (Lipinski definition) is 4. The Kier molecular flexibility index (Phi) is 3.21. The summed E-state index contributed by atoms with van der Waals surface area (Å²) in [7, 11) is 0. The predicted molar refractivity (Wildman–Crippen MR) is 74.4 cm³/mol. The van der Waals surface area contributed by atoms with Crippen LogP contribution in [0.1, 0.15) is 24.8 Å². The van der Waals surface area contributed by atoms with Gasteiger partial charge in [-0.3, -0.25) is 4.40 Å². The maximum atomic E-state index is 10.3. The van der Waals surface area contributed by atoms with E-state index in [2.05, 4.69) is 32.6 Å². The maximum Gasteiger partial charge on any atom is 0.155 e. The Morgan fingerprint density at radius 1 is 1.50 bits per heavy atom. The molecular formula is C11H11ClIN3O2. The van der Waals surface area contributed by atoms with Crippen molar-refractivity contribution in [3.05, 3.63) is 27.1 Å². The van der Waals surface area contributed by atoms with Crippen molar-refractivity contribution in [1.29, 1.82) is 0 Å². The van der Waals surface area contributed by atoms with Gasteiger partial charge in [0, 0.05) is 12.4 Å². The zero-order chi connectivity index (χ0) is 12.9. The molecule has 0 aromatic carbocycles. The largest absolute Gasteiger partial charge is 0.393 e. The summed E-state index contributed by atoms with van der Waals surface area (Å²) in [5, 5.41) is 20.0. The first-order valence-corrected chi connectivity index (χ1v) is 7.07. The predicted octanol–water partition coefficient (Wildman–Crippen LogP) is 1.79. The summed E-state index contributed by atoms with van der Waals surface area (Å²) in [4.78, 5) is 8.38. The summed E-state index contributed by atoms with van der Waals surface area (Å²) >= 11 is 8.11. The van der Waals surface area contributed by atoms with Crippen LogP contribution in [0.4, 0.5) is 0 Å². The average molecular weight is 380 g/mol. The van der Waals surface area contributed by atoms with Crippen LogP contribution in [0.5, 0.6) is 0 Å². The fourth-order valence-corrected chi connectivity index (χ4v) is 3.45. The first-order chi connectivity index (χ1) is 8.58. The Morgan fingerprint density at radius 2 is 2.22 bits per heavy atom. The molecule has 2 N–H and O–H groups in total. The lowest BCUT2D eigenvalue weighted by Crippen LogP contribution is -2.33. The molecule has 1 saturated carbocycles. The molecule has 1 aliphatic carbocycles. The van der Waals surface area contributed by atoms with Crippen LogP contribution in [0.3, 0.4) is 0 Å². The Bertz CT molecular complexity index is 597. The lowest BCUT2D eigenvalue weighted by Gasteiger charge is -2.34. The molecule has 2 aromatic rings. The highest BCUT2D eigenvalue weighted by Gasteiger charge is 2.36. The molecule has 96 valence electrons. The van der Waals surface area contributed by atoms with Crippen molar-refractivity contribution < 1.29 is 10.2 Å². The molecule has 2 heterocycles. The number of rotatable bonds is 2. The van der Waals surface area contributed by atoms with Gasteiger partial charge >= 0.3 is 0 Å². The molecule has 7 heteroatoms. The molecule has 0 spiro atoms. The van der Waals surface area contributed by atoms with E-state index in [9.17, 15) is 10.2 Å². The number of imidazole rings is 1. The number of halogens is 2. The van der Waals surface area contributed by atoms with Gasteiger partial charge in [0.2, 0.25) is 0 Å². The van der Waals surface area contributed by atoms with E-state index in [1.807, 2.05) is 0 Å². The third kappa shape index (κ3) is 1.91. The minimum Gasteiger partial charge on any atom is -0.393 e. The molecule has 0 aliphatic heterocycles. The molecule has 1 unspecified atom stereocenters. The van der Waals surface area contributed by atoms with Crippen molar-refractivity contribution in [2.45, 2.75) is 25.0 Å². The van der Waals surface area contributed by atoms with Crippen molar-refractivity contribution in [3.63, 3.8) is 0 Å². The Hall–Kier alpha value is -0.440. The van der Waals surface area contributed by atoms with Gasteiger partial charge in [-0.15, -0.1) is 0 Å². The molecule has 5 nitrogen and oxygen atoms in total. The van der Waals surface area contributed by atoms with E-state index in [1.54, 1.807) is 16.8 Å². The lowest BCUT2D eigenvalue weighted by atomic mass is 9.78. The quantitative estimate of drug-likeness (QED) is 0.781. The standard InChI is InChI=1S/C11H11ClIN3O2/c12-9-7-10(13)15-11(16(7)2-1-14-9)8(18)5-3-6(17)4-5/h1-2,5-6,8,17-18H,3-4H2. The third-order valence-corrected chi connectivity index (χ3v) is 4.38. The summed E-state index contributed by atoms with van der Waals surface area (Å²) in [6.45, 7) is 0. The number of aliphatic hydroxyl groups excluding tert-OH is 2. The van der Waals surface area contributed by atoms with Gasteiger partial charge in [0.25, 0.3) is 0 Å². The van der Waals surface area contributed by atoms with E-state index in [-0.39, 0.29) is 12.0 Å². The van der Waals surface area contributed by atoms with E-state index < -0.39 is 6.10 Å². The molecule has 0 saturated heterocycles. The molecule has 0 amide bonds. The highest BCUT2D eigenvalue weighted by molar-refractivity contribution is 14.1. The molecule has 18 heavy (non-hydrogen) atoms.